The molecule has 12 heavy (non-hydrogen) atoms. The number of hydrogen-bond donors (Lipinski definition) is 1. The fraction of sp³-hybridized carbons (Fsp3) is 1.00. The third kappa shape index (κ3) is 3.55. The van der Waals surface area contributed by atoms with Crippen LogP contribution in [-0.2, 0) is 4.74 Å². The Balaban J connectivity index is 3.88. The van der Waals surface area contributed by atoms with Crippen LogP contribution in [0.5, 0.6) is 0 Å². The summed E-state index contributed by atoms with van der Waals surface area (Å²) < 4.78 is 4.99. The Morgan fingerprint density at radius 2 is 1.58 bits per heavy atom. The third-order valence-corrected chi connectivity index (χ3v) is 2.75. The van der Waals surface area contributed by atoms with E-state index in [1.54, 1.807) is 7.11 Å². The predicted octanol–water partition coefficient (Wildman–Crippen LogP) is 2.05. The molecule has 2 heteroatoms. The van der Waals surface area contributed by atoms with Crippen LogP contribution in [0.2, 0.25) is 0 Å². The molecule has 0 aliphatic heterocycles. The van der Waals surface area contributed by atoms with Crippen LogP contribution >= 0.6 is 0 Å². The van der Waals surface area contributed by atoms with Crippen LogP contribution in [-0.4, -0.2) is 25.8 Å². The topological polar surface area (TPSA) is 21.3 Å². The molecule has 0 saturated heterocycles. The fourth-order valence-corrected chi connectivity index (χ4v) is 0.731. The smallest absolute Gasteiger partial charge is 0.0587 e. The van der Waals surface area contributed by atoms with Crippen molar-refractivity contribution in [3.05, 3.63) is 0 Å². The maximum absolute atomic E-state index is 4.99. The molecule has 74 valence electrons. The maximum atomic E-state index is 4.99. The second-order valence-electron chi connectivity index (χ2n) is 4.79. The molecule has 2 nitrogen and oxygen atoms in total. The molecule has 0 bridgehead atoms. The summed E-state index contributed by atoms with van der Waals surface area (Å²) in [7, 11) is 1.73. The van der Waals surface area contributed by atoms with Gasteiger partial charge in [0, 0.05) is 19.2 Å². The van der Waals surface area contributed by atoms with Gasteiger partial charge in [-0.05, 0) is 19.3 Å². The Bertz CT molecular complexity index is 124. The first-order chi connectivity index (χ1) is 5.31. The summed E-state index contributed by atoms with van der Waals surface area (Å²) in [4.78, 5) is 0. The zero-order chi connectivity index (χ0) is 9.83. The summed E-state index contributed by atoms with van der Waals surface area (Å²) in [6.45, 7) is 12.9. The van der Waals surface area contributed by atoms with Crippen LogP contribution in [0.1, 0.15) is 34.6 Å². The van der Waals surface area contributed by atoms with E-state index in [0.29, 0.717) is 0 Å². The number of ether oxygens (including phenoxy) is 1. The summed E-state index contributed by atoms with van der Waals surface area (Å²) in [5.41, 5.74) is 0.437. The predicted molar refractivity (Wildman–Crippen MR) is 53.4 cm³/mol. The van der Waals surface area contributed by atoms with E-state index in [1.165, 1.54) is 0 Å². The van der Waals surface area contributed by atoms with Crippen molar-refractivity contribution in [1.29, 1.82) is 0 Å². The maximum Gasteiger partial charge on any atom is 0.0587 e. The van der Waals surface area contributed by atoms with Crippen LogP contribution in [0.4, 0.5) is 0 Å². The minimum atomic E-state index is 0.158. The quantitative estimate of drug-likeness (QED) is 0.657. The molecule has 0 unspecified atom stereocenters. The van der Waals surface area contributed by atoms with E-state index in [4.69, 9.17) is 4.74 Å². The van der Waals surface area contributed by atoms with Gasteiger partial charge in [-0.3, -0.25) is 0 Å². The normalized spacial score (nSPS) is 13.5. The van der Waals surface area contributed by atoms with Crippen LogP contribution in [0.15, 0.2) is 0 Å². The van der Waals surface area contributed by atoms with Crippen molar-refractivity contribution in [1.82, 2.24) is 5.32 Å². The third-order valence-electron chi connectivity index (χ3n) is 2.75. The van der Waals surface area contributed by atoms with E-state index < -0.39 is 0 Å². The van der Waals surface area contributed by atoms with E-state index in [9.17, 15) is 0 Å². The lowest BCUT2D eigenvalue weighted by molar-refractivity contribution is 0.143. The second-order valence-corrected chi connectivity index (χ2v) is 4.79. The van der Waals surface area contributed by atoms with E-state index in [-0.39, 0.29) is 11.0 Å². The summed E-state index contributed by atoms with van der Waals surface area (Å²) >= 11 is 0. The number of nitrogens with one attached hydrogen (secondary N) is 1. The summed E-state index contributed by atoms with van der Waals surface area (Å²) in [6.07, 6.45) is 0. The summed E-state index contributed by atoms with van der Waals surface area (Å²) in [6, 6.07) is 0. The molecule has 0 aliphatic rings. The van der Waals surface area contributed by atoms with Gasteiger partial charge in [-0.15, -0.1) is 0 Å². The first kappa shape index (κ1) is 11.9. The average Bonchev–Trinajstić information content (AvgIpc) is 1.85. The van der Waals surface area contributed by atoms with Gasteiger partial charge >= 0.3 is 0 Å². The molecule has 0 aromatic heterocycles. The molecule has 0 fully saturated rings. The van der Waals surface area contributed by atoms with E-state index in [1.807, 2.05) is 0 Å². The molecule has 0 saturated carbocycles. The fourth-order valence-electron chi connectivity index (χ4n) is 0.731. The minimum Gasteiger partial charge on any atom is -0.383 e. The highest BCUT2D eigenvalue weighted by atomic mass is 16.5. The Kier molecular flexibility index (Phi) is 4.21. The highest BCUT2D eigenvalue weighted by Crippen LogP contribution is 2.28. The molecular formula is C10H23NO. The summed E-state index contributed by atoms with van der Waals surface area (Å²) in [5, 5.41) is 3.47. The lowest BCUT2D eigenvalue weighted by Crippen LogP contribution is -2.50. The molecular weight excluding hydrogens is 150 g/mol. The lowest BCUT2D eigenvalue weighted by atomic mass is 9.76. The van der Waals surface area contributed by atoms with Crippen molar-refractivity contribution in [2.24, 2.45) is 5.41 Å². The molecule has 0 heterocycles. The van der Waals surface area contributed by atoms with Crippen molar-refractivity contribution < 1.29 is 4.74 Å². The Hall–Kier alpha value is -0.0800. The molecule has 0 radical (unpaired) electrons. The first-order valence-corrected chi connectivity index (χ1v) is 4.55. The van der Waals surface area contributed by atoms with Gasteiger partial charge in [0.2, 0.25) is 0 Å². The van der Waals surface area contributed by atoms with E-state index in [2.05, 4.69) is 39.9 Å². The van der Waals surface area contributed by atoms with Crippen LogP contribution in [0.25, 0.3) is 0 Å². The van der Waals surface area contributed by atoms with Gasteiger partial charge < -0.3 is 10.1 Å². The first-order valence-electron chi connectivity index (χ1n) is 4.55. The Morgan fingerprint density at radius 3 is 1.92 bits per heavy atom. The van der Waals surface area contributed by atoms with E-state index in [0.717, 1.165) is 13.2 Å². The van der Waals surface area contributed by atoms with Crippen molar-refractivity contribution in [2.75, 3.05) is 20.3 Å². The van der Waals surface area contributed by atoms with Crippen molar-refractivity contribution in [3.63, 3.8) is 0 Å². The van der Waals surface area contributed by atoms with Crippen LogP contribution in [0.3, 0.4) is 0 Å². The lowest BCUT2D eigenvalue weighted by Gasteiger charge is -2.39. The van der Waals surface area contributed by atoms with Crippen molar-refractivity contribution in [2.45, 2.75) is 40.2 Å². The zero-order valence-electron chi connectivity index (χ0n) is 9.32. The molecule has 0 atom stereocenters. The number of methoxy groups -OCH3 is 1. The SMILES string of the molecule is COCCNC(C)(C)C(C)(C)C. The zero-order valence-corrected chi connectivity index (χ0v) is 9.32. The van der Waals surface area contributed by atoms with Gasteiger partial charge in [-0.2, -0.15) is 0 Å². The van der Waals surface area contributed by atoms with Gasteiger partial charge in [0.05, 0.1) is 6.61 Å². The monoisotopic (exact) mass is 173 g/mol. The summed E-state index contributed by atoms with van der Waals surface area (Å²) in [5.74, 6) is 0. The highest BCUT2D eigenvalue weighted by Gasteiger charge is 2.31. The van der Waals surface area contributed by atoms with Crippen LogP contribution in [0, 0.1) is 5.41 Å². The molecule has 0 spiro atoms. The highest BCUT2D eigenvalue weighted by molar-refractivity contribution is 4.89. The van der Waals surface area contributed by atoms with Gasteiger partial charge in [0.1, 0.15) is 0 Å². The number of hydrogen-bond acceptors (Lipinski definition) is 2. The van der Waals surface area contributed by atoms with Gasteiger partial charge in [0.25, 0.3) is 0 Å². The van der Waals surface area contributed by atoms with Crippen molar-refractivity contribution >= 4 is 0 Å². The van der Waals surface area contributed by atoms with Gasteiger partial charge in [-0.1, -0.05) is 20.8 Å². The Labute approximate surface area is 76.7 Å². The second kappa shape index (κ2) is 4.24. The minimum absolute atomic E-state index is 0.158. The molecule has 0 aromatic rings. The standard InChI is InChI=1S/C10H23NO/c1-9(2,3)10(4,5)11-7-8-12-6/h11H,7-8H2,1-6H3. The molecule has 0 rings (SSSR count). The van der Waals surface area contributed by atoms with E-state index >= 15 is 0 Å². The molecule has 0 amide bonds. The van der Waals surface area contributed by atoms with Gasteiger partial charge in [-0.25, -0.2) is 0 Å². The Morgan fingerprint density at radius 1 is 1.08 bits per heavy atom. The molecule has 1 N–H and O–H groups in total. The molecule has 0 aliphatic carbocycles. The molecule has 0 aromatic carbocycles. The van der Waals surface area contributed by atoms with Crippen LogP contribution < -0.4 is 5.32 Å². The van der Waals surface area contributed by atoms with Gasteiger partial charge in [0.15, 0.2) is 0 Å². The average molecular weight is 173 g/mol. The number of rotatable bonds is 4. The largest absolute Gasteiger partial charge is 0.383 e. The van der Waals surface area contributed by atoms with Crippen molar-refractivity contribution in [3.8, 4) is 0 Å².